The Balaban J connectivity index is 2.39. The van der Waals surface area contributed by atoms with E-state index in [9.17, 15) is 5.11 Å². The van der Waals surface area contributed by atoms with Crippen LogP contribution in [0.15, 0.2) is 42.6 Å². The molecule has 1 atom stereocenters. The van der Waals surface area contributed by atoms with Gasteiger partial charge < -0.3 is 5.11 Å². The Morgan fingerprint density at radius 2 is 1.94 bits per heavy atom. The molecule has 3 heteroatoms. The molecule has 0 spiro atoms. The lowest BCUT2D eigenvalue weighted by molar-refractivity contribution is 0.194. The summed E-state index contributed by atoms with van der Waals surface area (Å²) in [4.78, 5) is 4.19. The van der Waals surface area contributed by atoms with Crippen molar-refractivity contribution < 1.29 is 5.11 Å². The number of hydrogen-bond donors (Lipinski definition) is 1. The molecule has 1 N–H and O–H groups in total. The summed E-state index contributed by atoms with van der Waals surface area (Å²) in [5, 5.41) is 10.1. The standard InChI is InChI=1S/C13H12ClNO/c1-9(16)13-7-6-10(8-15-13)11-4-2-3-5-12(11)14/h2-9,16H,1H3. The lowest BCUT2D eigenvalue weighted by Gasteiger charge is -2.06. The Kier molecular flexibility index (Phi) is 3.22. The molecular formula is C13H12ClNO. The highest BCUT2D eigenvalue weighted by molar-refractivity contribution is 6.33. The first-order chi connectivity index (χ1) is 7.68. The number of benzene rings is 1. The summed E-state index contributed by atoms with van der Waals surface area (Å²) in [7, 11) is 0. The molecule has 0 aliphatic rings. The van der Waals surface area contributed by atoms with Crippen molar-refractivity contribution in [2.45, 2.75) is 13.0 Å². The van der Waals surface area contributed by atoms with Crippen molar-refractivity contribution in [2.24, 2.45) is 0 Å². The van der Waals surface area contributed by atoms with Crippen LogP contribution in [0.3, 0.4) is 0 Å². The third-order valence-electron chi connectivity index (χ3n) is 2.40. The number of hydrogen-bond acceptors (Lipinski definition) is 2. The first kappa shape index (κ1) is 11.1. The molecule has 1 aromatic carbocycles. The second kappa shape index (κ2) is 4.64. The molecule has 2 aromatic rings. The molecule has 1 heterocycles. The average Bonchev–Trinajstić information content (AvgIpc) is 2.30. The number of halogens is 1. The van der Waals surface area contributed by atoms with Crippen LogP contribution in [0.1, 0.15) is 18.7 Å². The van der Waals surface area contributed by atoms with Gasteiger partial charge in [-0.1, -0.05) is 35.9 Å². The lowest BCUT2D eigenvalue weighted by Crippen LogP contribution is -1.94. The predicted molar refractivity (Wildman–Crippen MR) is 65.3 cm³/mol. The van der Waals surface area contributed by atoms with Crippen LogP contribution in [0.25, 0.3) is 11.1 Å². The van der Waals surface area contributed by atoms with Crippen LogP contribution in [-0.2, 0) is 0 Å². The van der Waals surface area contributed by atoms with Crippen LogP contribution >= 0.6 is 11.6 Å². The maximum atomic E-state index is 9.35. The zero-order valence-corrected chi connectivity index (χ0v) is 9.65. The maximum Gasteiger partial charge on any atom is 0.0931 e. The van der Waals surface area contributed by atoms with Crippen molar-refractivity contribution in [1.82, 2.24) is 4.98 Å². The summed E-state index contributed by atoms with van der Waals surface area (Å²) in [6, 6.07) is 11.3. The van der Waals surface area contributed by atoms with Crippen LogP contribution in [0.5, 0.6) is 0 Å². The van der Waals surface area contributed by atoms with E-state index in [1.54, 1.807) is 13.1 Å². The number of aliphatic hydroxyl groups is 1. The monoisotopic (exact) mass is 233 g/mol. The smallest absolute Gasteiger partial charge is 0.0931 e. The van der Waals surface area contributed by atoms with Crippen LogP contribution < -0.4 is 0 Å². The third kappa shape index (κ3) is 2.23. The average molecular weight is 234 g/mol. The van der Waals surface area contributed by atoms with E-state index in [-0.39, 0.29) is 0 Å². The lowest BCUT2D eigenvalue weighted by atomic mass is 10.1. The van der Waals surface area contributed by atoms with E-state index in [0.29, 0.717) is 10.7 Å². The highest BCUT2D eigenvalue weighted by Gasteiger charge is 2.05. The number of nitrogens with zero attached hydrogens (tertiary/aromatic N) is 1. The highest BCUT2D eigenvalue weighted by atomic mass is 35.5. The molecule has 0 bridgehead atoms. The first-order valence-corrected chi connectivity index (χ1v) is 5.45. The van der Waals surface area contributed by atoms with Crippen molar-refractivity contribution in [3.8, 4) is 11.1 Å². The summed E-state index contributed by atoms with van der Waals surface area (Å²) in [5.41, 5.74) is 2.57. The maximum absolute atomic E-state index is 9.35. The first-order valence-electron chi connectivity index (χ1n) is 5.07. The highest BCUT2D eigenvalue weighted by Crippen LogP contribution is 2.27. The molecule has 0 amide bonds. The normalized spacial score (nSPS) is 12.4. The Morgan fingerprint density at radius 1 is 1.19 bits per heavy atom. The quantitative estimate of drug-likeness (QED) is 0.862. The summed E-state index contributed by atoms with van der Waals surface area (Å²) in [6.45, 7) is 1.69. The van der Waals surface area contributed by atoms with E-state index in [1.165, 1.54) is 0 Å². The molecule has 2 nitrogen and oxygen atoms in total. The minimum absolute atomic E-state index is 0.541. The molecule has 0 saturated heterocycles. The summed E-state index contributed by atoms with van der Waals surface area (Å²) >= 11 is 6.08. The van der Waals surface area contributed by atoms with Crippen molar-refractivity contribution in [3.63, 3.8) is 0 Å². The molecule has 0 aliphatic heterocycles. The van der Waals surface area contributed by atoms with Gasteiger partial charge in [-0.2, -0.15) is 0 Å². The number of rotatable bonds is 2. The van der Waals surface area contributed by atoms with Gasteiger partial charge in [-0.3, -0.25) is 4.98 Å². The molecule has 2 rings (SSSR count). The van der Waals surface area contributed by atoms with Gasteiger partial charge in [-0.25, -0.2) is 0 Å². The van der Waals surface area contributed by atoms with Crippen molar-refractivity contribution in [2.75, 3.05) is 0 Å². The second-order valence-electron chi connectivity index (χ2n) is 3.63. The SMILES string of the molecule is CC(O)c1ccc(-c2ccccc2Cl)cn1. The molecule has 0 aliphatic carbocycles. The van der Waals surface area contributed by atoms with E-state index >= 15 is 0 Å². The number of aliphatic hydroxyl groups excluding tert-OH is 1. The Labute approximate surface area is 99.5 Å². The fourth-order valence-corrected chi connectivity index (χ4v) is 1.75. The van der Waals surface area contributed by atoms with Gasteiger partial charge in [-0.15, -0.1) is 0 Å². The molecule has 82 valence electrons. The zero-order valence-electron chi connectivity index (χ0n) is 8.89. The number of aromatic nitrogens is 1. The van der Waals surface area contributed by atoms with Gasteiger partial charge in [0.2, 0.25) is 0 Å². The Bertz CT molecular complexity index is 480. The van der Waals surface area contributed by atoms with Gasteiger partial charge >= 0.3 is 0 Å². The van der Waals surface area contributed by atoms with Crippen LogP contribution in [0.4, 0.5) is 0 Å². The van der Waals surface area contributed by atoms with Gasteiger partial charge in [0.1, 0.15) is 0 Å². The molecule has 1 aromatic heterocycles. The molecule has 1 unspecified atom stereocenters. The minimum Gasteiger partial charge on any atom is -0.387 e. The number of pyridine rings is 1. The van der Waals surface area contributed by atoms with E-state index in [1.807, 2.05) is 36.4 Å². The van der Waals surface area contributed by atoms with E-state index in [0.717, 1.165) is 11.1 Å². The third-order valence-corrected chi connectivity index (χ3v) is 2.73. The fraction of sp³-hybridized carbons (Fsp3) is 0.154. The van der Waals surface area contributed by atoms with Gasteiger partial charge in [0.15, 0.2) is 0 Å². The Hall–Kier alpha value is -1.38. The summed E-state index contributed by atoms with van der Waals surface area (Å²) < 4.78 is 0. The van der Waals surface area contributed by atoms with Crippen molar-refractivity contribution in [1.29, 1.82) is 0 Å². The largest absolute Gasteiger partial charge is 0.387 e. The molecule has 0 radical (unpaired) electrons. The van der Waals surface area contributed by atoms with E-state index < -0.39 is 6.10 Å². The van der Waals surface area contributed by atoms with Gasteiger partial charge in [0.05, 0.1) is 11.8 Å². The van der Waals surface area contributed by atoms with Crippen LogP contribution in [-0.4, -0.2) is 10.1 Å². The van der Waals surface area contributed by atoms with Crippen LogP contribution in [0, 0.1) is 0 Å². The molecular weight excluding hydrogens is 222 g/mol. The van der Waals surface area contributed by atoms with Crippen molar-refractivity contribution in [3.05, 3.63) is 53.3 Å². The summed E-state index contributed by atoms with van der Waals surface area (Å²) in [5.74, 6) is 0. The minimum atomic E-state index is -0.541. The molecule has 0 fully saturated rings. The second-order valence-corrected chi connectivity index (χ2v) is 4.03. The molecule has 16 heavy (non-hydrogen) atoms. The predicted octanol–water partition coefficient (Wildman–Crippen LogP) is 3.46. The van der Waals surface area contributed by atoms with Crippen LogP contribution in [0.2, 0.25) is 5.02 Å². The fourth-order valence-electron chi connectivity index (χ4n) is 1.51. The van der Waals surface area contributed by atoms with Gasteiger partial charge in [0.25, 0.3) is 0 Å². The van der Waals surface area contributed by atoms with E-state index in [2.05, 4.69) is 4.98 Å². The van der Waals surface area contributed by atoms with Crippen molar-refractivity contribution >= 4 is 11.6 Å². The zero-order chi connectivity index (χ0) is 11.5. The molecule has 0 saturated carbocycles. The topological polar surface area (TPSA) is 33.1 Å². The van der Waals surface area contributed by atoms with Gasteiger partial charge in [0, 0.05) is 22.3 Å². The van der Waals surface area contributed by atoms with Gasteiger partial charge in [-0.05, 0) is 19.1 Å². The van der Waals surface area contributed by atoms with E-state index in [4.69, 9.17) is 11.6 Å². The summed E-state index contributed by atoms with van der Waals surface area (Å²) in [6.07, 6.45) is 1.18. The Morgan fingerprint density at radius 3 is 2.50 bits per heavy atom.